The van der Waals surface area contributed by atoms with Crippen molar-refractivity contribution in [3.05, 3.63) is 82.4 Å². The number of furan rings is 1. The molecule has 186 valence electrons. The highest BCUT2D eigenvalue weighted by atomic mass is 35.5. The summed E-state index contributed by atoms with van der Waals surface area (Å²) in [4.78, 5) is 24.1. The summed E-state index contributed by atoms with van der Waals surface area (Å²) in [6, 6.07) is 17.6. The third-order valence-corrected chi connectivity index (χ3v) is 5.80. The first-order valence-electron chi connectivity index (χ1n) is 11.3. The molecule has 37 heavy (non-hydrogen) atoms. The standard InChI is InChI=1S/C29H21ClO7/c1-29(2)36-25-15-24-22(14-23(25)28(32)37-29)21(12-7-17-5-4-6-19(30)13-17)27(35-24)18-8-10-20(11-9-18)34-16-26(31)33-3/h4-6,8-11,13-15H,16H2,1-3H3. The Bertz CT molecular complexity index is 1590. The van der Waals surface area contributed by atoms with Crippen molar-refractivity contribution in [2.24, 2.45) is 0 Å². The summed E-state index contributed by atoms with van der Waals surface area (Å²) in [6.07, 6.45) is 0. The second-order valence-corrected chi connectivity index (χ2v) is 9.13. The molecule has 1 aromatic heterocycles. The second-order valence-electron chi connectivity index (χ2n) is 8.69. The second kappa shape index (κ2) is 9.57. The van der Waals surface area contributed by atoms with Crippen LogP contribution in [-0.4, -0.2) is 31.4 Å². The lowest BCUT2D eigenvalue weighted by molar-refractivity contribution is -0.142. The van der Waals surface area contributed by atoms with Crippen molar-refractivity contribution in [1.82, 2.24) is 0 Å². The van der Waals surface area contributed by atoms with E-state index in [2.05, 4.69) is 16.6 Å². The molecule has 0 radical (unpaired) electrons. The molecule has 2 heterocycles. The summed E-state index contributed by atoms with van der Waals surface area (Å²) < 4.78 is 27.5. The highest BCUT2D eigenvalue weighted by molar-refractivity contribution is 6.30. The van der Waals surface area contributed by atoms with Gasteiger partial charge >= 0.3 is 11.9 Å². The molecule has 0 atom stereocenters. The number of esters is 2. The zero-order valence-corrected chi connectivity index (χ0v) is 21.0. The number of rotatable bonds is 4. The fourth-order valence-corrected chi connectivity index (χ4v) is 4.05. The number of carbonyl (C=O) groups excluding carboxylic acids is 2. The van der Waals surface area contributed by atoms with E-state index in [1.54, 1.807) is 62.4 Å². The molecule has 0 spiro atoms. The number of carbonyl (C=O) groups is 2. The number of hydrogen-bond donors (Lipinski definition) is 0. The Kier molecular flexibility index (Phi) is 6.28. The van der Waals surface area contributed by atoms with Crippen molar-refractivity contribution >= 4 is 34.5 Å². The Morgan fingerprint density at radius 3 is 2.54 bits per heavy atom. The van der Waals surface area contributed by atoms with Gasteiger partial charge in [-0.15, -0.1) is 0 Å². The van der Waals surface area contributed by atoms with Gasteiger partial charge in [0.25, 0.3) is 0 Å². The summed E-state index contributed by atoms with van der Waals surface area (Å²) in [5.41, 5.74) is 2.82. The maximum Gasteiger partial charge on any atom is 0.345 e. The Morgan fingerprint density at radius 1 is 1.03 bits per heavy atom. The molecule has 8 heteroatoms. The topological polar surface area (TPSA) is 84.2 Å². The number of benzene rings is 3. The number of fused-ring (bicyclic) bond motifs is 2. The van der Waals surface area contributed by atoms with Crippen LogP contribution in [0.4, 0.5) is 0 Å². The third kappa shape index (κ3) is 5.11. The monoisotopic (exact) mass is 516 g/mol. The molecule has 5 rings (SSSR count). The van der Waals surface area contributed by atoms with Gasteiger partial charge in [0, 0.05) is 41.4 Å². The zero-order valence-electron chi connectivity index (χ0n) is 20.2. The van der Waals surface area contributed by atoms with Gasteiger partial charge in [-0.25, -0.2) is 9.59 Å². The average molecular weight is 517 g/mol. The van der Waals surface area contributed by atoms with Crippen LogP contribution >= 0.6 is 11.6 Å². The third-order valence-electron chi connectivity index (χ3n) is 5.56. The Morgan fingerprint density at radius 2 is 1.81 bits per heavy atom. The lowest BCUT2D eigenvalue weighted by Gasteiger charge is -2.31. The van der Waals surface area contributed by atoms with Crippen molar-refractivity contribution in [2.75, 3.05) is 13.7 Å². The van der Waals surface area contributed by atoms with Crippen LogP contribution in [0.2, 0.25) is 5.02 Å². The van der Waals surface area contributed by atoms with Crippen molar-refractivity contribution < 1.29 is 33.0 Å². The molecule has 0 bridgehead atoms. The van der Waals surface area contributed by atoms with Crippen LogP contribution in [0.15, 0.2) is 65.1 Å². The van der Waals surface area contributed by atoms with Gasteiger partial charge in [-0.3, -0.25) is 0 Å². The Hall–Kier alpha value is -4.41. The molecule has 7 nitrogen and oxygen atoms in total. The van der Waals surface area contributed by atoms with Crippen LogP contribution in [0.5, 0.6) is 11.5 Å². The summed E-state index contributed by atoms with van der Waals surface area (Å²) in [5, 5.41) is 1.21. The first-order valence-corrected chi connectivity index (χ1v) is 11.7. The summed E-state index contributed by atoms with van der Waals surface area (Å²) in [7, 11) is 1.30. The van der Waals surface area contributed by atoms with E-state index in [4.69, 9.17) is 30.2 Å². The maximum atomic E-state index is 12.7. The lowest BCUT2D eigenvalue weighted by Crippen LogP contribution is -2.38. The van der Waals surface area contributed by atoms with Gasteiger partial charge in [-0.05, 0) is 48.5 Å². The van der Waals surface area contributed by atoms with Crippen LogP contribution in [0, 0.1) is 11.8 Å². The van der Waals surface area contributed by atoms with E-state index in [0.29, 0.717) is 38.8 Å². The minimum atomic E-state index is -1.09. The molecule has 0 saturated heterocycles. The summed E-state index contributed by atoms with van der Waals surface area (Å²) in [6.45, 7) is 3.13. The maximum absolute atomic E-state index is 12.7. The van der Waals surface area contributed by atoms with Gasteiger partial charge in [-0.2, -0.15) is 0 Å². The minimum absolute atomic E-state index is 0.200. The Labute approximate surface area is 217 Å². The van der Waals surface area contributed by atoms with E-state index < -0.39 is 17.7 Å². The first kappa shape index (κ1) is 24.3. The van der Waals surface area contributed by atoms with Gasteiger partial charge in [0.05, 0.1) is 12.7 Å². The van der Waals surface area contributed by atoms with Crippen molar-refractivity contribution in [1.29, 1.82) is 0 Å². The van der Waals surface area contributed by atoms with Gasteiger partial charge in [0.1, 0.15) is 22.6 Å². The summed E-state index contributed by atoms with van der Waals surface area (Å²) >= 11 is 6.12. The number of cyclic esters (lactones) is 1. The van der Waals surface area contributed by atoms with Crippen LogP contribution in [0.3, 0.4) is 0 Å². The molecule has 1 aliphatic heterocycles. The smallest absolute Gasteiger partial charge is 0.345 e. The highest BCUT2D eigenvalue weighted by Gasteiger charge is 2.35. The number of methoxy groups -OCH3 is 1. The number of ether oxygens (including phenoxy) is 4. The number of hydrogen-bond acceptors (Lipinski definition) is 7. The predicted octanol–water partition coefficient (Wildman–Crippen LogP) is 5.99. The zero-order chi connectivity index (χ0) is 26.2. The van der Waals surface area contributed by atoms with Crippen molar-refractivity contribution in [3.63, 3.8) is 0 Å². The van der Waals surface area contributed by atoms with Crippen molar-refractivity contribution in [2.45, 2.75) is 19.6 Å². The van der Waals surface area contributed by atoms with Gasteiger partial charge < -0.3 is 23.4 Å². The first-order chi connectivity index (χ1) is 17.7. The SMILES string of the molecule is COC(=O)COc1ccc(-c2oc3cc4c(cc3c2C#Cc2cccc(Cl)c2)C(=O)OC(C)(C)O4)cc1. The average Bonchev–Trinajstić information content (AvgIpc) is 3.22. The minimum Gasteiger partial charge on any atom is -0.482 e. The molecule has 3 aromatic carbocycles. The van der Waals surface area contributed by atoms with E-state index >= 15 is 0 Å². The molecule has 0 N–H and O–H groups in total. The highest BCUT2D eigenvalue weighted by Crippen LogP contribution is 2.40. The van der Waals surface area contributed by atoms with Crippen LogP contribution in [0.1, 0.15) is 35.3 Å². The van der Waals surface area contributed by atoms with E-state index in [9.17, 15) is 9.59 Å². The molecule has 0 fully saturated rings. The molecule has 0 aliphatic carbocycles. The molecule has 0 unspecified atom stereocenters. The molecule has 1 aliphatic rings. The van der Waals surface area contributed by atoms with Crippen molar-refractivity contribution in [3.8, 4) is 34.7 Å². The largest absolute Gasteiger partial charge is 0.482 e. The van der Waals surface area contributed by atoms with E-state index in [1.165, 1.54) is 7.11 Å². The predicted molar refractivity (Wildman–Crippen MR) is 137 cm³/mol. The van der Waals surface area contributed by atoms with E-state index in [-0.39, 0.29) is 12.2 Å². The molecule has 0 amide bonds. The quantitative estimate of drug-likeness (QED) is 0.243. The fourth-order valence-electron chi connectivity index (χ4n) is 3.86. The van der Waals surface area contributed by atoms with Gasteiger partial charge in [0.15, 0.2) is 12.4 Å². The molecular weight excluding hydrogens is 496 g/mol. The van der Waals surface area contributed by atoms with Crippen LogP contribution in [-0.2, 0) is 14.3 Å². The van der Waals surface area contributed by atoms with Gasteiger partial charge in [0.2, 0.25) is 5.79 Å². The van der Waals surface area contributed by atoms with E-state index in [1.807, 2.05) is 12.1 Å². The normalized spacial score (nSPS) is 13.6. The lowest BCUT2D eigenvalue weighted by atomic mass is 10.0. The Balaban J connectivity index is 1.62. The van der Waals surface area contributed by atoms with Crippen LogP contribution < -0.4 is 9.47 Å². The fraction of sp³-hybridized carbons (Fsp3) is 0.172. The molecule has 0 saturated carbocycles. The van der Waals surface area contributed by atoms with E-state index in [0.717, 1.165) is 11.1 Å². The number of halogens is 1. The molecular formula is C29H21ClO7. The summed E-state index contributed by atoms with van der Waals surface area (Å²) in [5.74, 6) is 5.62. The van der Waals surface area contributed by atoms with Crippen LogP contribution in [0.25, 0.3) is 22.3 Å². The van der Waals surface area contributed by atoms with Gasteiger partial charge in [-0.1, -0.05) is 29.5 Å². The molecule has 4 aromatic rings.